The number of aryl methyl sites for hydroxylation is 1. The van der Waals surface area contributed by atoms with Gasteiger partial charge in [-0.2, -0.15) is 0 Å². The number of hydrogen-bond donors (Lipinski definition) is 1. The van der Waals surface area contributed by atoms with Crippen LogP contribution in [0, 0.1) is 0 Å². The van der Waals surface area contributed by atoms with Crippen molar-refractivity contribution < 1.29 is 0 Å². The third kappa shape index (κ3) is 3.02. The Labute approximate surface area is 124 Å². The standard InChI is InChI=1S/C14H25N5O2/c1-17(2)14(8-6-5-7-9-14)10-15-11-12(20)18(3)13(21)19(4)16-11/h5-10H2,1-4H3,(H,15,16). The summed E-state index contributed by atoms with van der Waals surface area (Å²) in [5.41, 5.74) is -0.729. The summed E-state index contributed by atoms with van der Waals surface area (Å²) in [6.45, 7) is 0.667. The first-order valence-corrected chi connectivity index (χ1v) is 7.43. The minimum atomic E-state index is -0.412. The lowest BCUT2D eigenvalue weighted by molar-refractivity contribution is 0.113. The lowest BCUT2D eigenvalue weighted by atomic mass is 9.80. The summed E-state index contributed by atoms with van der Waals surface area (Å²) in [4.78, 5) is 26.0. The van der Waals surface area contributed by atoms with Crippen LogP contribution in [0.5, 0.6) is 0 Å². The molecule has 118 valence electrons. The van der Waals surface area contributed by atoms with Gasteiger partial charge in [-0.25, -0.2) is 9.48 Å². The Morgan fingerprint density at radius 1 is 1.19 bits per heavy atom. The number of likely N-dealkylation sites (N-methyl/N-ethyl adjacent to an activating group) is 1. The van der Waals surface area contributed by atoms with Gasteiger partial charge in [-0.05, 0) is 26.9 Å². The van der Waals surface area contributed by atoms with E-state index in [1.807, 2.05) is 0 Å². The van der Waals surface area contributed by atoms with Gasteiger partial charge >= 0.3 is 5.69 Å². The summed E-state index contributed by atoms with van der Waals surface area (Å²) < 4.78 is 2.27. The van der Waals surface area contributed by atoms with E-state index in [-0.39, 0.29) is 16.9 Å². The van der Waals surface area contributed by atoms with Gasteiger partial charge in [0.2, 0.25) is 5.82 Å². The number of aromatic nitrogens is 3. The largest absolute Gasteiger partial charge is 0.362 e. The molecule has 7 nitrogen and oxygen atoms in total. The topological polar surface area (TPSA) is 72.2 Å². The Morgan fingerprint density at radius 3 is 2.38 bits per heavy atom. The van der Waals surface area contributed by atoms with E-state index in [0.29, 0.717) is 6.54 Å². The molecule has 1 fully saturated rings. The Hall–Kier alpha value is -1.63. The van der Waals surface area contributed by atoms with Gasteiger partial charge in [-0.1, -0.05) is 19.3 Å². The first-order chi connectivity index (χ1) is 9.87. The molecule has 0 bridgehead atoms. The second kappa shape index (κ2) is 6.01. The average molecular weight is 295 g/mol. The van der Waals surface area contributed by atoms with Crippen LogP contribution in [0.2, 0.25) is 0 Å². The highest BCUT2D eigenvalue weighted by Crippen LogP contribution is 2.32. The highest BCUT2D eigenvalue weighted by molar-refractivity contribution is 5.30. The summed E-state index contributed by atoms with van der Waals surface area (Å²) in [6.07, 6.45) is 5.91. The Kier molecular flexibility index (Phi) is 4.51. The fraction of sp³-hybridized carbons (Fsp3) is 0.786. The molecule has 1 heterocycles. The van der Waals surface area contributed by atoms with Crippen molar-refractivity contribution in [1.29, 1.82) is 0 Å². The monoisotopic (exact) mass is 295 g/mol. The summed E-state index contributed by atoms with van der Waals surface area (Å²) in [5, 5.41) is 7.22. The minimum absolute atomic E-state index is 0.0552. The Balaban J connectivity index is 2.22. The van der Waals surface area contributed by atoms with Crippen LogP contribution in [0.25, 0.3) is 0 Å². The Morgan fingerprint density at radius 2 is 1.81 bits per heavy atom. The van der Waals surface area contributed by atoms with Crippen LogP contribution in [-0.2, 0) is 14.1 Å². The molecule has 0 aliphatic heterocycles. The molecular weight excluding hydrogens is 270 g/mol. The fourth-order valence-electron chi connectivity index (χ4n) is 3.05. The molecule has 0 atom stereocenters. The van der Waals surface area contributed by atoms with Crippen molar-refractivity contribution in [2.45, 2.75) is 37.6 Å². The number of nitrogens with one attached hydrogen (secondary N) is 1. The third-order valence-corrected chi connectivity index (χ3v) is 4.64. The quantitative estimate of drug-likeness (QED) is 0.856. The van der Waals surface area contributed by atoms with Gasteiger partial charge < -0.3 is 10.2 Å². The summed E-state index contributed by atoms with van der Waals surface area (Å²) in [6, 6.07) is 0. The number of rotatable bonds is 4. The third-order valence-electron chi connectivity index (χ3n) is 4.64. The second-order valence-corrected chi connectivity index (χ2v) is 6.15. The van der Waals surface area contributed by atoms with Crippen molar-refractivity contribution >= 4 is 5.82 Å². The maximum atomic E-state index is 12.1. The van der Waals surface area contributed by atoms with Gasteiger partial charge in [0.15, 0.2) is 0 Å². The molecule has 1 N–H and O–H groups in total. The number of anilines is 1. The van der Waals surface area contributed by atoms with Crippen molar-refractivity contribution in [3.05, 3.63) is 20.8 Å². The molecule has 1 aromatic heterocycles. The highest BCUT2D eigenvalue weighted by atomic mass is 16.2. The molecule has 7 heteroatoms. The zero-order valence-electron chi connectivity index (χ0n) is 13.3. The van der Waals surface area contributed by atoms with Gasteiger partial charge in [0.25, 0.3) is 5.56 Å². The van der Waals surface area contributed by atoms with Gasteiger partial charge in [0.1, 0.15) is 0 Å². The molecule has 0 aromatic carbocycles. The van der Waals surface area contributed by atoms with Gasteiger partial charge in [-0.3, -0.25) is 9.36 Å². The molecule has 2 rings (SSSR count). The molecule has 1 saturated carbocycles. The molecule has 21 heavy (non-hydrogen) atoms. The SMILES string of the molecule is CN(C)C1(CNc2nn(C)c(=O)n(C)c2=O)CCCCC1. The van der Waals surface area contributed by atoms with Gasteiger partial charge in [0.05, 0.1) is 0 Å². The van der Waals surface area contributed by atoms with E-state index in [1.54, 1.807) is 7.05 Å². The van der Waals surface area contributed by atoms with Crippen LogP contribution in [0.15, 0.2) is 9.59 Å². The van der Waals surface area contributed by atoms with Crippen LogP contribution in [0.1, 0.15) is 32.1 Å². The average Bonchev–Trinajstić information content (AvgIpc) is 2.48. The summed E-state index contributed by atoms with van der Waals surface area (Å²) in [7, 11) is 7.19. The maximum absolute atomic E-state index is 12.1. The molecule has 0 unspecified atom stereocenters. The molecule has 0 amide bonds. The maximum Gasteiger partial charge on any atom is 0.346 e. The fourth-order valence-corrected chi connectivity index (χ4v) is 3.05. The van der Waals surface area contributed by atoms with Crippen LogP contribution >= 0.6 is 0 Å². The van der Waals surface area contributed by atoms with Crippen LogP contribution in [0.3, 0.4) is 0 Å². The highest BCUT2D eigenvalue weighted by Gasteiger charge is 2.34. The van der Waals surface area contributed by atoms with E-state index >= 15 is 0 Å². The summed E-state index contributed by atoms with van der Waals surface area (Å²) in [5.74, 6) is 0.242. The predicted octanol–water partition coefficient (Wildman–Crippen LogP) is 0.155. The smallest absolute Gasteiger partial charge is 0.346 e. The lowest BCUT2D eigenvalue weighted by Crippen LogP contribution is -2.52. The van der Waals surface area contributed by atoms with E-state index in [2.05, 4.69) is 29.4 Å². The number of hydrogen-bond acceptors (Lipinski definition) is 5. The van der Waals surface area contributed by atoms with E-state index in [0.717, 1.165) is 17.4 Å². The van der Waals surface area contributed by atoms with Crippen molar-refractivity contribution in [3.8, 4) is 0 Å². The molecule has 1 aromatic rings. The molecule has 0 saturated heterocycles. The second-order valence-electron chi connectivity index (χ2n) is 6.15. The number of nitrogens with zero attached hydrogens (tertiary/aromatic N) is 4. The van der Waals surface area contributed by atoms with Crippen LogP contribution in [-0.4, -0.2) is 45.4 Å². The van der Waals surface area contributed by atoms with Crippen LogP contribution < -0.4 is 16.6 Å². The molecular formula is C14H25N5O2. The van der Waals surface area contributed by atoms with E-state index in [9.17, 15) is 9.59 Å². The normalized spacial score (nSPS) is 18.0. The first-order valence-electron chi connectivity index (χ1n) is 7.43. The minimum Gasteiger partial charge on any atom is -0.362 e. The molecule has 0 spiro atoms. The van der Waals surface area contributed by atoms with Crippen molar-refractivity contribution in [1.82, 2.24) is 19.2 Å². The van der Waals surface area contributed by atoms with E-state index in [4.69, 9.17) is 0 Å². The lowest BCUT2D eigenvalue weighted by Gasteiger charge is -2.43. The first kappa shape index (κ1) is 15.8. The van der Waals surface area contributed by atoms with Crippen LogP contribution in [0.4, 0.5) is 5.82 Å². The zero-order valence-corrected chi connectivity index (χ0v) is 13.3. The summed E-state index contributed by atoms with van der Waals surface area (Å²) >= 11 is 0. The van der Waals surface area contributed by atoms with E-state index in [1.165, 1.54) is 31.0 Å². The predicted molar refractivity (Wildman–Crippen MR) is 82.7 cm³/mol. The van der Waals surface area contributed by atoms with Gasteiger partial charge in [-0.15, -0.1) is 5.10 Å². The van der Waals surface area contributed by atoms with Gasteiger partial charge in [0, 0.05) is 26.2 Å². The van der Waals surface area contributed by atoms with Crippen molar-refractivity contribution in [3.63, 3.8) is 0 Å². The molecule has 1 aliphatic rings. The Bertz CT molecular complexity index is 611. The van der Waals surface area contributed by atoms with Crippen molar-refractivity contribution in [2.75, 3.05) is 26.0 Å². The molecule has 0 radical (unpaired) electrons. The molecule has 1 aliphatic carbocycles. The van der Waals surface area contributed by atoms with Crippen molar-refractivity contribution in [2.24, 2.45) is 14.1 Å². The zero-order chi connectivity index (χ0) is 15.6. The van der Waals surface area contributed by atoms with E-state index < -0.39 is 5.69 Å².